The zero-order valence-corrected chi connectivity index (χ0v) is 17.4. The summed E-state index contributed by atoms with van der Waals surface area (Å²) in [6, 6.07) is 10.5. The van der Waals surface area contributed by atoms with Crippen molar-refractivity contribution in [3.05, 3.63) is 60.6 Å². The summed E-state index contributed by atoms with van der Waals surface area (Å²) in [6.07, 6.45) is 11.0. The van der Waals surface area contributed by atoms with Gasteiger partial charge in [-0.3, -0.25) is 9.30 Å². The van der Waals surface area contributed by atoms with Gasteiger partial charge in [0.25, 0.3) is 0 Å². The average molecular weight is 428 g/mol. The number of carboxylic acid groups (broad SMARTS) is 2. The van der Waals surface area contributed by atoms with E-state index in [4.69, 9.17) is 15.2 Å². The number of benzene rings is 1. The molecule has 0 amide bonds. The molecule has 3 aromatic rings. The van der Waals surface area contributed by atoms with Gasteiger partial charge in [0.15, 0.2) is 4.96 Å². The molecule has 1 saturated heterocycles. The van der Waals surface area contributed by atoms with Crippen LogP contribution in [-0.4, -0.2) is 49.5 Å². The van der Waals surface area contributed by atoms with Crippen molar-refractivity contribution in [3.63, 3.8) is 0 Å². The van der Waals surface area contributed by atoms with Gasteiger partial charge in [0.2, 0.25) is 0 Å². The quantitative estimate of drug-likeness (QED) is 0.594. The lowest BCUT2D eigenvalue weighted by Crippen LogP contribution is -2.24. The zero-order valence-electron chi connectivity index (χ0n) is 16.6. The predicted molar refractivity (Wildman–Crippen MR) is 117 cm³/mol. The molecule has 0 aliphatic carbocycles. The summed E-state index contributed by atoms with van der Waals surface area (Å²) >= 11 is 1.77. The number of aliphatic carboxylic acids is 2. The van der Waals surface area contributed by atoms with Crippen molar-refractivity contribution in [2.75, 3.05) is 13.1 Å². The summed E-state index contributed by atoms with van der Waals surface area (Å²) in [5.74, 6) is -2.51. The van der Waals surface area contributed by atoms with Crippen LogP contribution in [0, 0.1) is 0 Å². The lowest BCUT2D eigenvalue weighted by Gasteiger charge is -2.17. The van der Waals surface area contributed by atoms with E-state index in [0.717, 1.165) is 11.5 Å². The van der Waals surface area contributed by atoms with Crippen LogP contribution < -0.4 is 0 Å². The number of thiazole rings is 1. The number of fused-ring (bicyclic) bond motifs is 1. The standard InChI is InChI=1S/C18H21N3S.C4H4O4/c1-2-7-11-20(10-6-1)12-16-13-21-14-17(22-18(21)19-16)15-8-4-3-5-9-15;5-3(6)1-2-4(7)8/h3-5,8-9,13-14H,1-2,6-7,10-12H2;1-2H,(H,5,6)(H,7,8). The predicted octanol–water partition coefficient (Wildman–Crippen LogP) is 4.15. The first-order valence-corrected chi connectivity index (χ1v) is 10.7. The fraction of sp³-hybridized carbons (Fsp3) is 0.318. The molecular weight excluding hydrogens is 402 g/mol. The highest BCUT2D eigenvalue weighted by Gasteiger charge is 2.13. The van der Waals surface area contributed by atoms with Crippen LogP contribution in [0.1, 0.15) is 31.4 Å². The van der Waals surface area contributed by atoms with Gasteiger partial charge >= 0.3 is 11.9 Å². The van der Waals surface area contributed by atoms with Crippen LogP contribution in [0.25, 0.3) is 15.4 Å². The number of carboxylic acids is 2. The number of nitrogens with zero attached hydrogens (tertiary/aromatic N) is 3. The maximum absolute atomic E-state index is 9.55. The van der Waals surface area contributed by atoms with E-state index in [1.165, 1.54) is 54.9 Å². The second-order valence-corrected chi connectivity index (χ2v) is 8.09. The lowest BCUT2D eigenvalue weighted by molar-refractivity contribution is -0.134. The molecule has 4 rings (SSSR count). The van der Waals surface area contributed by atoms with E-state index in [9.17, 15) is 9.59 Å². The summed E-state index contributed by atoms with van der Waals surface area (Å²) in [6.45, 7) is 3.44. The van der Waals surface area contributed by atoms with E-state index in [1.54, 1.807) is 11.3 Å². The monoisotopic (exact) mass is 427 g/mol. The Labute approximate surface area is 178 Å². The van der Waals surface area contributed by atoms with Crippen LogP contribution in [0.3, 0.4) is 0 Å². The molecule has 0 unspecified atom stereocenters. The van der Waals surface area contributed by atoms with Gasteiger partial charge in [0, 0.05) is 31.1 Å². The molecule has 1 aliphatic rings. The summed E-state index contributed by atoms with van der Waals surface area (Å²) in [7, 11) is 0. The number of imidazole rings is 1. The normalized spacial score (nSPS) is 14.9. The van der Waals surface area contributed by atoms with Gasteiger partial charge in [-0.25, -0.2) is 14.6 Å². The summed E-state index contributed by atoms with van der Waals surface area (Å²) in [4.78, 5) is 28.9. The van der Waals surface area contributed by atoms with Gasteiger partial charge in [0.05, 0.1) is 10.6 Å². The highest BCUT2D eigenvalue weighted by molar-refractivity contribution is 7.20. The first kappa shape index (κ1) is 21.7. The van der Waals surface area contributed by atoms with Gasteiger partial charge in [-0.1, -0.05) is 54.5 Å². The second kappa shape index (κ2) is 10.7. The zero-order chi connectivity index (χ0) is 21.3. The topological polar surface area (TPSA) is 95.1 Å². The maximum Gasteiger partial charge on any atom is 0.328 e. The fourth-order valence-corrected chi connectivity index (χ4v) is 4.31. The van der Waals surface area contributed by atoms with Gasteiger partial charge < -0.3 is 10.2 Å². The number of hydrogen-bond acceptors (Lipinski definition) is 5. The molecule has 3 heterocycles. The molecular formula is C22H25N3O4S. The number of carbonyl (C=O) groups is 2. The van der Waals surface area contributed by atoms with E-state index in [0.29, 0.717) is 12.2 Å². The van der Waals surface area contributed by atoms with Gasteiger partial charge in [-0.15, -0.1) is 0 Å². The van der Waals surface area contributed by atoms with E-state index in [1.807, 2.05) is 0 Å². The van der Waals surface area contributed by atoms with Crippen LogP contribution in [0.2, 0.25) is 0 Å². The molecule has 158 valence electrons. The Morgan fingerprint density at radius 1 is 0.967 bits per heavy atom. The SMILES string of the molecule is O=C(O)C=CC(=O)O.c1ccc(-c2cn3cc(CN4CCCCCC4)nc3s2)cc1. The first-order chi connectivity index (χ1) is 14.5. The molecule has 1 aliphatic heterocycles. The molecule has 2 aromatic heterocycles. The minimum atomic E-state index is -1.26. The fourth-order valence-electron chi connectivity index (χ4n) is 3.32. The van der Waals surface area contributed by atoms with Crippen LogP contribution >= 0.6 is 11.3 Å². The molecule has 1 aromatic carbocycles. The van der Waals surface area contributed by atoms with Crippen molar-refractivity contribution >= 4 is 28.2 Å². The Bertz CT molecular complexity index is 954. The van der Waals surface area contributed by atoms with Crippen molar-refractivity contribution in [3.8, 4) is 10.4 Å². The number of likely N-dealkylation sites (tertiary alicyclic amines) is 1. The first-order valence-electron chi connectivity index (χ1n) is 9.90. The second-order valence-electron chi connectivity index (χ2n) is 7.08. The number of aromatic nitrogens is 2. The minimum absolute atomic E-state index is 0.558. The molecule has 1 fully saturated rings. The highest BCUT2D eigenvalue weighted by Crippen LogP contribution is 2.28. The van der Waals surface area contributed by atoms with E-state index >= 15 is 0 Å². The van der Waals surface area contributed by atoms with Crippen molar-refractivity contribution in [2.45, 2.75) is 32.2 Å². The number of hydrogen-bond donors (Lipinski definition) is 2. The maximum atomic E-state index is 9.55. The van der Waals surface area contributed by atoms with Crippen molar-refractivity contribution in [1.29, 1.82) is 0 Å². The third-order valence-electron chi connectivity index (χ3n) is 4.72. The largest absolute Gasteiger partial charge is 0.478 e. The number of rotatable bonds is 5. The molecule has 0 radical (unpaired) electrons. The molecule has 0 atom stereocenters. The highest BCUT2D eigenvalue weighted by atomic mass is 32.1. The molecule has 0 saturated carbocycles. The Kier molecular flexibility index (Phi) is 7.75. The molecule has 0 spiro atoms. The smallest absolute Gasteiger partial charge is 0.328 e. The van der Waals surface area contributed by atoms with E-state index in [2.05, 4.69) is 52.0 Å². The van der Waals surface area contributed by atoms with Crippen LogP contribution in [0.4, 0.5) is 0 Å². The van der Waals surface area contributed by atoms with E-state index in [-0.39, 0.29) is 0 Å². The summed E-state index contributed by atoms with van der Waals surface area (Å²) < 4.78 is 2.18. The van der Waals surface area contributed by atoms with Crippen molar-refractivity contribution in [2.24, 2.45) is 0 Å². The van der Waals surface area contributed by atoms with Crippen molar-refractivity contribution in [1.82, 2.24) is 14.3 Å². The Morgan fingerprint density at radius 2 is 1.60 bits per heavy atom. The van der Waals surface area contributed by atoms with Crippen LogP contribution in [0.5, 0.6) is 0 Å². The third kappa shape index (κ3) is 6.53. The molecule has 2 N–H and O–H groups in total. The molecule has 30 heavy (non-hydrogen) atoms. The average Bonchev–Trinajstić information content (AvgIpc) is 3.17. The van der Waals surface area contributed by atoms with Crippen LogP contribution in [-0.2, 0) is 16.1 Å². The van der Waals surface area contributed by atoms with Gasteiger partial charge in [-0.2, -0.15) is 0 Å². The minimum Gasteiger partial charge on any atom is -0.478 e. The molecule has 7 nitrogen and oxygen atoms in total. The van der Waals surface area contributed by atoms with Gasteiger partial charge in [0.1, 0.15) is 0 Å². The molecule has 0 bridgehead atoms. The Balaban J connectivity index is 0.000000275. The summed E-state index contributed by atoms with van der Waals surface area (Å²) in [5.41, 5.74) is 2.47. The third-order valence-corrected chi connectivity index (χ3v) is 5.76. The Hall–Kier alpha value is -2.97. The molecule has 8 heteroatoms. The Morgan fingerprint density at radius 3 is 2.17 bits per heavy atom. The van der Waals surface area contributed by atoms with E-state index < -0.39 is 11.9 Å². The lowest BCUT2D eigenvalue weighted by atomic mass is 10.2. The summed E-state index contributed by atoms with van der Waals surface area (Å²) in [5, 5.41) is 15.6. The van der Waals surface area contributed by atoms with Crippen LogP contribution in [0.15, 0.2) is 54.9 Å². The van der Waals surface area contributed by atoms with Crippen molar-refractivity contribution < 1.29 is 19.8 Å². The van der Waals surface area contributed by atoms with Gasteiger partial charge in [-0.05, 0) is 31.5 Å².